The van der Waals surface area contributed by atoms with E-state index in [-0.39, 0.29) is 0 Å². The van der Waals surface area contributed by atoms with Crippen LogP contribution in [0.2, 0.25) is 0 Å². The Kier molecular flexibility index (Phi) is 6.96. The Morgan fingerprint density at radius 2 is 1.36 bits per heavy atom. The fraction of sp³-hybridized carbons (Fsp3) is 0.500. The average molecular weight is 361 g/mol. The molecule has 0 fully saturated rings. The number of nitrogens with zero attached hydrogens (tertiary/aromatic N) is 2. The second-order valence-electron chi connectivity index (χ2n) is 6.14. The Hall–Kier alpha value is -1.92. The van der Waals surface area contributed by atoms with Crippen molar-refractivity contribution in [1.82, 2.24) is 4.57 Å². The van der Waals surface area contributed by atoms with Gasteiger partial charge in [0.2, 0.25) is 12.1 Å². The van der Waals surface area contributed by atoms with Crippen LogP contribution >= 0.6 is 0 Å². The van der Waals surface area contributed by atoms with E-state index in [0.717, 1.165) is 19.4 Å². The van der Waals surface area contributed by atoms with Crippen molar-refractivity contribution < 1.29 is 26.5 Å². The Balaban J connectivity index is 1.98. The second kappa shape index (κ2) is 8.97. The Labute approximate surface area is 143 Å². The summed E-state index contributed by atoms with van der Waals surface area (Å²) in [5, 5.41) is 0. The molecular weight excluding hydrogens is 339 g/mol. The maximum absolute atomic E-state index is 13.7. The van der Waals surface area contributed by atoms with Gasteiger partial charge in [-0.05, 0) is 12.8 Å². The molecule has 1 heterocycles. The van der Waals surface area contributed by atoms with Gasteiger partial charge in [-0.25, -0.2) is 31.1 Å². The van der Waals surface area contributed by atoms with Crippen LogP contribution in [0.4, 0.5) is 22.0 Å². The van der Waals surface area contributed by atoms with Crippen LogP contribution in [0.25, 0.3) is 0 Å². The van der Waals surface area contributed by atoms with Crippen molar-refractivity contribution in [3.63, 3.8) is 0 Å². The van der Waals surface area contributed by atoms with Crippen molar-refractivity contribution in [2.75, 3.05) is 0 Å². The van der Waals surface area contributed by atoms with Crippen molar-refractivity contribution >= 4 is 0 Å². The van der Waals surface area contributed by atoms with Gasteiger partial charge in [0.15, 0.2) is 23.3 Å². The summed E-state index contributed by atoms with van der Waals surface area (Å²) in [5.41, 5.74) is -0.835. The zero-order valence-electron chi connectivity index (χ0n) is 14.2. The van der Waals surface area contributed by atoms with Gasteiger partial charge in [0.1, 0.15) is 18.9 Å². The minimum atomic E-state index is -2.13. The topological polar surface area (TPSA) is 8.81 Å². The summed E-state index contributed by atoms with van der Waals surface area (Å²) >= 11 is 0. The van der Waals surface area contributed by atoms with E-state index < -0.39 is 41.2 Å². The number of aryl methyl sites for hydroxylation is 1. The lowest BCUT2D eigenvalue weighted by Gasteiger charge is -2.06. The maximum atomic E-state index is 13.7. The van der Waals surface area contributed by atoms with Gasteiger partial charge in [-0.15, -0.1) is 0 Å². The summed E-state index contributed by atoms with van der Waals surface area (Å²) in [6.07, 6.45) is 11.7. The predicted octanol–water partition coefficient (Wildman–Crippen LogP) is 4.88. The molecule has 0 unspecified atom stereocenters. The van der Waals surface area contributed by atoms with E-state index in [1.807, 2.05) is 4.57 Å². The van der Waals surface area contributed by atoms with Crippen molar-refractivity contribution in [3.8, 4) is 0 Å². The zero-order valence-corrected chi connectivity index (χ0v) is 14.2. The van der Waals surface area contributed by atoms with Crippen LogP contribution in [0, 0.1) is 29.1 Å². The normalized spacial score (nSPS) is 11.3. The first-order valence-corrected chi connectivity index (χ1v) is 8.50. The van der Waals surface area contributed by atoms with Gasteiger partial charge in [-0.1, -0.05) is 32.6 Å². The summed E-state index contributed by atoms with van der Waals surface area (Å²) in [6, 6.07) is 0. The maximum Gasteiger partial charge on any atom is 0.244 e. The number of imidazole rings is 1. The first-order chi connectivity index (χ1) is 12.0. The molecular formula is C18H22F5N2+. The molecule has 0 aliphatic heterocycles. The summed E-state index contributed by atoms with van der Waals surface area (Å²) < 4.78 is 70.2. The predicted molar refractivity (Wildman–Crippen MR) is 83.3 cm³/mol. The number of hydrogen-bond acceptors (Lipinski definition) is 0. The third kappa shape index (κ3) is 4.80. The Bertz CT molecular complexity index is 683. The van der Waals surface area contributed by atoms with Gasteiger partial charge < -0.3 is 0 Å². The van der Waals surface area contributed by atoms with Gasteiger partial charge in [0.05, 0.1) is 12.1 Å². The monoisotopic (exact) mass is 361 g/mol. The highest BCUT2D eigenvalue weighted by Crippen LogP contribution is 2.22. The first kappa shape index (κ1) is 19.4. The van der Waals surface area contributed by atoms with Crippen molar-refractivity contribution in [3.05, 3.63) is 53.4 Å². The van der Waals surface area contributed by atoms with Gasteiger partial charge in [0, 0.05) is 0 Å². The summed E-state index contributed by atoms with van der Waals surface area (Å²) in [4.78, 5) is 0. The van der Waals surface area contributed by atoms with Crippen molar-refractivity contribution in [2.45, 2.75) is 58.5 Å². The van der Waals surface area contributed by atoms with Crippen LogP contribution in [-0.4, -0.2) is 4.57 Å². The SMILES string of the molecule is CCCCCCCCn1cc[n+](Cc2c(F)c(F)c(F)c(F)c2F)c1. The van der Waals surface area contributed by atoms with Crippen molar-refractivity contribution in [1.29, 1.82) is 0 Å². The minimum absolute atomic E-state index is 0.421. The molecule has 0 N–H and O–H groups in total. The molecule has 1 aromatic heterocycles. The molecule has 2 rings (SSSR count). The van der Waals surface area contributed by atoms with E-state index in [1.165, 1.54) is 30.3 Å². The third-order valence-corrected chi connectivity index (χ3v) is 4.16. The van der Waals surface area contributed by atoms with E-state index in [1.54, 1.807) is 18.7 Å². The van der Waals surface area contributed by atoms with E-state index in [4.69, 9.17) is 0 Å². The number of hydrogen-bond donors (Lipinski definition) is 0. The number of rotatable bonds is 9. The van der Waals surface area contributed by atoms with Crippen LogP contribution in [-0.2, 0) is 13.1 Å². The molecule has 1 aromatic carbocycles. The summed E-state index contributed by atoms with van der Waals surface area (Å²) in [6.45, 7) is 2.48. The van der Waals surface area contributed by atoms with E-state index in [9.17, 15) is 22.0 Å². The fourth-order valence-electron chi connectivity index (χ4n) is 2.71. The van der Waals surface area contributed by atoms with Crippen LogP contribution in [0.3, 0.4) is 0 Å². The Morgan fingerprint density at radius 3 is 2.00 bits per heavy atom. The molecule has 0 atom stereocenters. The molecule has 0 aliphatic carbocycles. The molecule has 0 saturated carbocycles. The summed E-state index contributed by atoms with van der Waals surface area (Å²) in [7, 11) is 0. The van der Waals surface area contributed by atoms with E-state index in [2.05, 4.69) is 6.92 Å². The fourth-order valence-corrected chi connectivity index (χ4v) is 2.71. The number of aromatic nitrogens is 2. The molecule has 0 spiro atoms. The van der Waals surface area contributed by atoms with Gasteiger partial charge in [-0.2, -0.15) is 0 Å². The number of halogens is 5. The molecule has 0 radical (unpaired) electrons. The average Bonchev–Trinajstić information content (AvgIpc) is 3.06. The molecule has 2 nitrogen and oxygen atoms in total. The standard InChI is InChI=1S/C18H22F5N2/c1-2-3-4-5-6-7-8-24-9-10-25(12-24)11-13-14(19)16(21)18(23)17(22)15(13)20/h9-10,12H,2-8,11H2,1H3/q+1. The van der Waals surface area contributed by atoms with E-state index >= 15 is 0 Å². The highest BCUT2D eigenvalue weighted by molar-refractivity contribution is 5.23. The van der Waals surface area contributed by atoms with Gasteiger partial charge in [0.25, 0.3) is 0 Å². The van der Waals surface area contributed by atoms with Crippen LogP contribution in [0.15, 0.2) is 18.7 Å². The molecule has 0 aliphatic rings. The first-order valence-electron chi connectivity index (χ1n) is 8.50. The van der Waals surface area contributed by atoms with E-state index in [0.29, 0.717) is 0 Å². The molecule has 25 heavy (non-hydrogen) atoms. The third-order valence-electron chi connectivity index (χ3n) is 4.16. The molecule has 0 amide bonds. The lowest BCUT2D eigenvalue weighted by molar-refractivity contribution is -0.688. The lowest BCUT2D eigenvalue weighted by atomic mass is 10.1. The second-order valence-corrected chi connectivity index (χ2v) is 6.14. The molecule has 138 valence electrons. The quantitative estimate of drug-likeness (QED) is 0.198. The van der Waals surface area contributed by atoms with Crippen LogP contribution in [0.1, 0.15) is 51.0 Å². The summed E-state index contributed by atoms with van der Waals surface area (Å²) in [5.74, 6) is -9.54. The number of unbranched alkanes of at least 4 members (excludes halogenated alkanes) is 5. The van der Waals surface area contributed by atoms with Crippen LogP contribution in [0.5, 0.6) is 0 Å². The van der Waals surface area contributed by atoms with Gasteiger partial charge >= 0.3 is 0 Å². The molecule has 2 aromatic rings. The molecule has 7 heteroatoms. The highest BCUT2D eigenvalue weighted by Gasteiger charge is 2.26. The minimum Gasteiger partial charge on any atom is -0.237 e. The lowest BCUT2D eigenvalue weighted by Crippen LogP contribution is -2.33. The number of benzene rings is 1. The molecule has 0 saturated heterocycles. The largest absolute Gasteiger partial charge is 0.244 e. The smallest absolute Gasteiger partial charge is 0.237 e. The molecule has 0 bridgehead atoms. The Morgan fingerprint density at radius 1 is 0.800 bits per heavy atom. The van der Waals surface area contributed by atoms with Gasteiger partial charge in [-0.3, -0.25) is 0 Å². The van der Waals surface area contributed by atoms with Crippen LogP contribution < -0.4 is 4.57 Å². The van der Waals surface area contributed by atoms with Crippen molar-refractivity contribution in [2.24, 2.45) is 0 Å². The zero-order chi connectivity index (χ0) is 18.4. The highest BCUT2D eigenvalue weighted by atomic mass is 19.2.